The van der Waals surface area contributed by atoms with E-state index in [1.165, 1.54) is 26.4 Å². The summed E-state index contributed by atoms with van der Waals surface area (Å²) in [4.78, 5) is 106. The zero-order chi connectivity index (χ0) is 58.5. The zero-order valence-corrected chi connectivity index (χ0v) is 47.3. The first-order valence-electron chi connectivity index (χ1n) is 26.8. The Hall–Kier alpha value is -7.21. The van der Waals surface area contributed by atoms with Gasteiger partial charge in [-0.1, -0.05) is 62.6 Å². The molecule has 4 heterocycles. The van der Waals surface area contributed by atoms with Crippen LogP contribution in [0, 0.1) is 11.8 Å². The molecule has 4 aliphatic rings. The van der Waals surface area contributed by atoms with E-state index in [9.17, 15) is 43.5 Å². The van der Waals surface area contributed by atoms with Crippen LogP contribution in [0.5, 0.6) is 5.75 Å². The lowest BCUT2D eigenvalue weighted by Crippen LogP contribution is -2.63. The molecule has 6 rings (SSSR count). The number of imide groups is 1. The normalized spacial score (nSPS) is 25.6. The summed E-state index contributed by atoms with van der Waals surface area (Å²) < 4.78 is 29.7. The van der Waals surface area contributed by atoms with Gasteiger partial charge in [-0.15, -0.1) is 0 Å². The van der Waals surface area contributed by atoms with Gasteiger partial charge in [0.1, 0.15) is 46.8 Å². The Kier molecular flexibility index (Phi) is 21.5. The maximum atomic E-state index is 13.9. The number of allylic oxidation sites excluding steroid dienone is 3. The molecular formula is C56H76ClN9O14. The molecule has 2 fully saturated rings. The largest absolute Gasteiger partial charge is 0.495 e. The first kappa shape index (κ1) is 62.0. The molecule has 9 atom stereocenters. The van der Waals surface area contributed by atoms with Crippen LogP contribution in [-0.4, -0.2) is 146 Å². The predicted molar refractivity (Wildman–Crippen MR) is 298 cm³/mol. The molecule has 9 amide bonds. The molecule has 0 spiro atoms. The SMILES string of the molecule is COc1cc2cc(c1Cl)N(C)CC[C@H](OC(=O)Nc1ccc(NC(=O)[C@H](CCCNC(N)=O)NC(=O)[C@@H](NC(=O)CCCCCN3C(=O)C=CC3=O)C(C)C)cc1)[C@]1(C)O[C@H]1[C@H](C)[C@@H]1C[C@@](O)(NC(=O)O1)[C@H](OC)/C=C/C=C(\C)C2. The summed E-state index contributed by atoms with van der Waals surface area (Å²) in [5.74, 6) is -2.71. The minimum absolute atomic E-state index is 0.0445. The van der Waals surface area contributed by atoms with E-state index in [1.807, 2.05) is 50.9 Å². The van der Waals surface area contributed by atoms with Crippen LogP contribution >= 0.6 is 11.6 Å². The number of halogens is 1. The number of urea groups is 1. The van der Waals surface area contributed by atoms with Crippen LogP contribution in [0.4, 0.5) is 31.4 Å². The van der Waals surface area contributed by atoms with Crippen molar-refractivity contribution in [2.45, 2.75) is 140 Å². The second-order valence-corrected chi connectivity index (χ2v) is 21.6. The molecule has 0 aliphatic carbocycles. The van der Waals surface area contributed by atoms with Crippen molar-refractivity contribution >= 4 is 76.4 Å². The molecule has 436 valence electrons. The molecule has 4 aliphatic heterocycles. The number of ether oxygens (including phenoxy) is 5. The molecule has 0 aromatic heterocycles. The van der Waals surface area contributed by atoms with Gasteiger partial charge in [0.15, 0.2) is 5.72 Å². The number of hydrogen-bond donors (Lipinski definition) is 8. The van der Waals surface area contributed by atoms with Crippen LogP contribution in [0.15, 0.2) is 72.4 Å². The van der Waals surface area contributed by atoms with E-state index in [0.717, 1.165) is 16.0 Å². The highest BCUT2D eigenvalue weighted by atomic mass is 35.5. The minimum Gasteiger partial charge on any atom is -0.495 e. The fourth-order valence-corrected chi connectivity index (χ4v) is 10.4. The number of amides is 9. The van der Waals surface area contributed by atoms with Crippen molar-refractivity contribution in [3.05, 3.63) is 82.9 Å². The van der Waals surface area contributed by atoms with Gasteiger partial charge in [-0.05, 0) is 93.8 Å². The molecule has 2 aromatic carbocycles. The lowest BCUT2D eigenvalue weighted by atomic mass is 9.83. The van der Waals surface area contributed by atoms with E-state index in [0.29, 0.717) is 60.1 Å². The number of unbranched alkanes of at least 4 members (excludes halogenated alkanes) is 2. The molecule has 4 bridgehead atoms. The third kappa shape index (κ3) is 16.4. The maximum absolute atomic E-state index is 13.9. The number of rotatable bonds is 20. The Bertz CT molecular complexity index is 2690. The highest BCUT2D eigenvalue weighted by Gasteiger charge is 2.64. The fraction of sp³-hybridized carbons (Fsp3) is 0.536. The molecule has 0 saturated carbocycles. The summed E-state index contributed by atoms with van der Waals surface area (Å²) >= 11 is 6.91. The molecule has 24 heteroatoms. The van der Waals surface area contributed by atoms with Crippen LogP contribution in [-0.2, 0) is 49.3 Å². The summed E-state index contributed by atoms with van der Waals surface area (Å²) in [6.07, 6.45) is 5.52. The summed E-state index contributed by atoms with van der Waals surface area (Å²) in [7, 11) is 4.84. The summed E-state index contributed by atoms with van der Waals surface area (Å²) in [6.45, 7) is 9.80. The number of anilines is 3. The van der Waals surface area contributed by atoms with Gasteiger partial charge >= 0.3 is 18.2 Å². The Labute approximate surface area is 471 Å². The highest BCUT2D eigenvalue weighted by Crippen LogP contribution is 2.49. The lowest BCUT2D eigenvalue weighted by Gasteiger charge is -2.42. The van der Waals surface area contributed by atoms with Gasteiger partial charge < -0.3 is 60.7 Å². The Morgan fingerprint density at radius 3 is 2.30 bits per heavy atom. The number of hydrogen-bond acceptors (Lipinski definition) is 15. The number of primary amides is 1. The number of alkyl carbamates (subject to hydrolysis) is 1. The summed E-state index contributed by atoms with van der Waals surface area (Å²) in [5, 5.41) is 28.4. The third-order valence-electron chi connectivity index (χ3n) is 14.7. The highest BCUT2D eigenvalue weighted by molar-refractivity contribution is 6.34. The average Bonchev–Trinajstić information content (AvgIpc) is 4.08. The topological polar surface area (TPSA) is 311 Å². The van der Waals surface area contributed by atoms with Crippen molar-refractivity contribution in [2.24, 2.45) is 17.6 Å². The number of carbonyl (C=O) groups excluding carboxylic acids is 8. The minimum atomic E-state index is -1.84. The van der Waals surface area contributed by atoms with E-state index >= 15 is 0 Å². The Balaban J connectivity index is 1.13. The first-order chi connectivity index (χ1) is 37.9. The van der Waals surface area contributed by atoms with Crippen molar-refractivity contribution in [3.8, 4) is 5.75 Å². The van der Waals surface area contributed by atoms with Gasteiger partial charge in [0, 0.05) is 82.5 Å². The van der Waals surface area contributed by atoms with E-state index in [1.54, 1.807) is 50.3 Å². The number of benzene rings is 2. The summed E-state index contributed by atoms with van der Waals surface area (Å²) in [5.41, 5.74) is 5.50. The third-order valence-corrected chi connectivity index (χ3v) is 15.1. The van der Waals surface area contributed by atoms with E-state index in [2.05, 4.69) is 31.9 Å². The molecule has 80 heavy (non-hydrogen) atoms. The van der Waals surface area contributed by atoms with Crippen LogP contribution < -0.4 is 47.3 Å². The van der Waals surface area contributed by atoms with Crippen LogP contribution in [0.1, 0.15) is 91.5 Å². The van der Waals surface area contributed by atoms with E-state index < -0.39 is 83.8 Å². The van der Waals surface area contributed by atoms with Gasteiger partial charge in [0.05, 0.1) is 18.9 Å². The number of aliphatic hydroxyl groups is 1. The van der Waals surface area contributed by atoms with Gasteiger partial charge in [0.25, 0.3) is 11.8 Å². The van der Waals surface area contributed by atoms with Gasteiger partial charge in [-0.25, -0.2) is 14.4 Å². The van der Waals surface area contributed by atoms with Gasteiger partial charge in [-0.2, -0.15) is 0 Å². The number of epoxide rings is 1. The smallest absolute Gasteiger partial charge is 0.412 e. The molecule has 0 radical (unpaired) electrons. The number of nitrogens with two attached hydrogens (primary N) is 1. The molecule has 23 nitrogen and oxygen atoms in total. The van der Waals surface area contributed by atoms with Crippen molar-refractivity contribution in [1.82, 2.24) is 26.2 Å². The number of carbonyl (C=O) groups is 8. The van der Waals surface area contributed by atoms with Crippen molar-refractivity contribution < 1.29 is 67.1 Å². The van der Waals surface area contributed by atoms with E-state index in [4.69, 9.17) is 41.0 Å². The lowest BCUT2D eigenvalue weighted by molar-refractivity contribution is -0.142. The summed E-state index contributed by atoms with van der Waals surface area (Å²) in [6, 6.07) is 7.13. The van der Waals surface area contributed by atoms with Gasteiger partial charge in [0.2, 0.25) is 17.7 Å². The second-order valence-electron chi connectivity index (χ2n) is 21.2. The number of nitrogens with zero attached hydrogens (tertiary/aromatic N) is 2. The van der Waals surface area contributed by atoms with Crippen molar-refractivity contribution in [2.75, 3.05) is 56.4 Å². The number of fused-ring (bicyclic) bond motifs is 5. The van der Waals surface area contributed by atoms with E-state index in [-0.39, 0.29) is 68.8 Å². The van der Waals surface area contributed by atoms with Crippen molar-refractivity contribution in [1.29, 1.82) is 0 Å². The fourth-order valence-electron chi connectivity index (χ4n) is 10.1. The average molecular weight is 1130 g/mol. The predicted octanol–water partition coefficient (Wildman–Crippen LogP) is 5.34. The molecule has 2 saturated heterocycles. The van der Waals surface area contributed by atoms with Gasteiger partial charge in [-0.3, -0.25) is 39.5 Å². The standard InChI is InChI=1S/C56H76ClN9O14/c1-32(2)48(63-44(67)17-10-9-11-26-66-45(68)22-23-46(66)69)51(71)62-38(15-13-25-59-52(58)72)50(70)60-36-18-20-37(21-19-36)61-53(73)79-42-24-27-65(6)39-29-35(30-40(76-7)47(39)57)28-33(3)14-12-16-43(77-8)56(75)31-41(78-54(74)64-56)34(4)49-55(42,5)80-49/h12,14,16,18-23,29-30,32,34,38,41-43,48-49,75H,9-11,13,15,17,24-28,31H2,1-8H3,(H,60,70)(H,61,73)(H,62,71)(H,63,67)(H,64,74)(H3,58,59,72)/b16-12+,33-14+/t34-,38+,41+,42+,43-,48+,49+,55+,56+/m1/s1. The second kappa shape index (κ2) is 27.8. The number of nitrogens with one attached hydrogen (secondary N) is 6. The number of methoxy groups -OCH3 is 2. The Morgan fingerprint density at radius 1 is 0.963 bits per heavy atom. The maximum Gasteiger partial charge on any atom is 0.412 e. The Morgan fingerprint density at radius 2 is 1.65 bits per heavy atom. The molecular weight excluding hydrogens is 1060 g/mol. The quantitative estimate of drug-likeness (QED) is 0.0471. The molecule has 0 unspecified atom stereocenters. The monoisotopic (exact) mass is 1130 g/mol. The van der Waals surface area contributed by atoms with Crippen LogP contribution in [0.25, 0.3) is 0 Å². The molecule has 9 N–H and O–H groups in total. The molecule has 2 aromatic rings. The van der Waals surface area contributed by atoms with Crippen LogP contribution in [0.2, 0.25) is 5.02 Å². The van der Waals surface area contributed by atoms with Crippen LogP contribution in [0.3, 0.4) is 0 Å². The zero-order valence-electron chi connectivity index (χ0n) is 46.6. The van der Waals surface area contributed by atoms with Crippen molar-refractivity contribution in [3.63, 3.8) is 0 Å². The first-order valence-corrected chi connectivity index (χ1v) is 27.2.